The molecule has 0 saturated carbocycles. The SMILES string of the molecule is CC(C)N(Cc1cc(Cl)ccc1O)CC1CCNCC1. The Morgan fingerprint density at radius 2 is 2.05 bits per heavy atom. The van der Waals surface area contributed by atoms with Crippen molar-refractivity contribution in [1.82, 2.24) is 10.2 Å². The van der Waals surface area contributed by atoms with Crippen LogP contribution in [0, 0.1) is 5.92 Å². The minimum atomic E-state index is 0.338. The van der Waals surface area contributed by atoms with E-state index in [0.29, 0.717) is 16.8 Å². The second kappa shape index (κ2) is 7.30. The van der Waals surface area contributed by atoms with Gasteiger partial charge in [0.1, 0.15) is 5.75 Å². The number of halogens is 1. The highest BCUT2D eigenvalue weighted by Crippen LogP contribution is 2.25. The van der Waals surface area contributed by atoms with Crippen molar-refractivity contribution >= 4 is 11.6 Å². The first-order valence-corrected chi connectivity index (χ1v) is 7.86. The topological polar surface area (TPSA) is 35.5 Å². The molecule has 1 heterocycles. The van der Waals surface area contributed by atoms with Crippen LogP contribution in [-0.4, -0.2) is 35.7 Å². The van der Waals surface area contributed by atoms with Crippen molar-refractivity contribution in [1.29, 1.82) is 0 Å². The molecule has 20 heavy (non-hydrogen) atoms. The fourth-order valence-electron chi connectivity index (χ4n) is 2.75. The molecular formula is C16H25ClN2O. The van der Waals surface area contributed by atoms with Gasteiger partial charge < -0.3 is 10.4 Å². The molecule has 0 aliphatic carbocycles. The summed E-state index contributed by atoms with van der Waals surface area (Å²) in [4.78, 5) is 2.43. The van der Waals surface area contributed by atoms with Crippen LogP contribution in [-0.2, 0) is 6.54 Å². The van der Waals surface area contributed by atoms with Crippen LogP contribution < -0.4 is 5.32 Å². The average Bonchev–Trinajstić information content (AvgIpc) is 2.43. The number of rotatable bonds is 5. The van der Waals surface area contributed by atoms with Crippen LogP contribution in [0.1, 0.15) is 32.3 Å². The summed E-state index contributed by atoms with van der Waals surface area (Å²) in [5.41, 5.74) is 0.917. The molecule has 4 heteroatoms. The Morgan fingerprint density at radius 3 is 2.70 bits per heavy atom. The summed E-state index contributed by atoms with van der Waals surface area (Å²) in [6.07, 6.45) is 2.48. The number of hydrogen-bond acceptors (Lipinski definition) is 3. The van der Waals surface area contributed by atoms with Gasteiger partial charge in [-0.3, -0.25) is 4.90 Å². The molecule has 1 aliphatic rings. The van der Waals surface area contributed by atoms with Crippen molar-refractivity contribution < 1.29 is 5.11 Å². The number of benzene rings is 1. The van der Waals surface area contributed by atoms with Crippen LogP contribution in [0.4, 0.5) is 0 Å². The zero-order valence-electron chi connectivity index (χ0n) is 12.4. The standard InChI is InChI=1S/C16H25ClN2O/c1-12(2)19(10-13-5-7-18-8-6-13)11-14-9-15(17)3-4-16(14)20/h3-4,9,12-13,18,20H,5-8,10-11H2,1-2H3. The Labute approximate surface area is 126 Å². The van der Waals surface area contributed by atoms with Crippen LogP contribution in [0.2, 0.25) is 5.02 Å². The number of phenolic OH excluding ortho intramolecular Hbond substituents is 1. The minimum absolute atomic E-state index is 0.338. The number of hydrogen-bond donors (Lipinski definition) is 2. The van der Waals surface area contributed by atoms with Gasteiger partial charge in [-0.05, 0) is 63.9 Å². The molecule has 0 unspecified atom stereocenters. The van der Waals surface area contributed by atoms with Gasteiger partial charge in [0.05, 0.1) is 0 Å². The molecule has 3 nitrogen and oxygen atoms in total. The van der Waals surface area contributed by atoms with E-state index in [1.807, 2.05) is 6.07 Å². The van der Waals surface area contributed by atoms with Gasteiger partial charge in [0.25, 0.3) is 0 Å². The zero-order chi connectivity index (χ0) is 14.5. The molecule has 2 N–H and O–H groups in total. The van der Waals surface area contributed by atoms with E-state index < -0.39 is 0 Å². The molecule has 1 aromatic rings. The normalized spacial score (nSPS) is 17.1. The predicted molar refractivity (Wildman–Crippen MR) is 84.3 cm³/mol. The second-order valence-electron chi connectivity index (χ2n) is 5.99. The highest BCUT2D eigenvalue weighted by Gasteiger charge is 2.20. The van der Waals surface area contributed by atoms with Crippen molar-refractivity contribution in [2.75, 3.05) is 19.6 Å². The summed E-state index contributed by atoms with van der Waals surface area (Å²) in [5.74, 6) is 1.09. The lowest BCUT2D eigenvalue weighted by molar-refractivity contribution is 0.160. The van der Waals surface area contributed by atoms with Gasteiger partial charge in [-0.1, -0.05) is 11.6 Å². The van der Waals surface area contributed by atoms with Gasteiger partial charge in [0.2, 0.25) is 0 Å². The first kappa shape index (κ1) is 15.6. The first-order chi connectivity index (χ1) is 9.56. The fourth-order valence-corrected chi connectivity index (χ4v) is 2.95. The van der Waals surface area contributed by atoms with Gasteiger partial charge in [-0.2, -0.15) is 0 Å². The maximum Gasteiger partial charge on any atom is 0.120 e. The van der Waals surface area contributed by atoms with E-state index in [4.69, 9.17) is 11.6 Å². The van der Waals surface area contributed by atoms with Gasteiger partial charge in [0, 0.05) is 29.7 Å². The van der Waals surface area contributed by atoms with Gasteiger partial charge in [-0.15, -0.1) is 0 Å². The predicted octanol–water partition coefficient (Wildman–Crippen LogP) is 3.26. The van der Waals surface area contributed by atoms with E-state index in [-0.39, 0.29) is 0 Å². The Morgan fingerprint density at radius 1 is 1.35 bits per heavy atom. The molecule has 0 spiro atoms. The quantitative estimate of drug-likeness (QED) is 0.875. The molecule has 1 aromatic carbocycles. The number of nitrogens with zero attached hydrogens (tertiary/aromatic N) is 1. The van der Waals surface area contributed by atoms with E-state index in [1.165, 1.54) is 12.8 Å². The van der Waals surface area contributed by atoms with Crippen molar-refractivity contribution in [2.45, 2.75) is 39.3 Å². The summed E-state index contributed by atoms with van der Waals surface area (Å²) in [5, 5.41) is 14.1. The molecule has 0 radical (unpaired) electrons. The van der Waals surface area contributed by atoms with Crippen molar-refractivity contribution in [3.63, 3.8) is 0 Å². The summed E-state index contributed by atoms with van der Waals surface area (Å²) in [6, 6.07) is 5.74. The van der Waals surface area contributed by atoms with Crippen LogP contribution in [0.5, 0.6) is 5.75 Å². The molecule has 1 fully saturated rings. The summed E-state index contributed by atoms with van der Waals surface area (Å²) in [6.45, 7) is 8.52. The third kappa shape index (κ3) is 4.37. The third-order valence-electron chi connectivity index (χ3n) is 4.10. The van der Waals surface area contributed by atoms with Gasteiger partial charge in [0.15, 0.2) is 0 Å². The van der Waals surface area contributed by atoms with E-state index in [9.17, 15) is 5.11 Å². The maximum absolute atomic E-state index is 9.98. The smallest absolute Gasteiger partial charge is 0.120 e. The third-order valence-corrected chi connectivity index (χ3v) is 4.33. The summed E-state index contributed by atoms with van der Waals surface area (Å²) >= 11 is 6.03. The highest BCUT2D eigenvalue weighted by molar-refractivity contribution is 6.30. The molecule has 0 aromatic heterocycles. The molecule has 0 amide bonds. The molecule has 2 rings (SSSR count). The summed E-state index contributed by atoms with van der Waals surface area (Å²) < 4.78 is 0. The van der Waals surface area contributed by atoms with Crippen LogP contribution >= 0.6 is 11.6 Å². The van der Waals surface area contributed by atoms with E-state index in [0.717, 1.165) is 37.7 Å². The minimum Gasteiger partial charge on any atom is -0.508 e. The molecule has 1 saturated heterocycles. The zero-order valence-corrected chi connectivity index (χ0v) is 13.2. The Hall–Kier alpha value is -0.770. The number of nitrogens with one attached hydrogen (secondary N) is 1. The van der Waals surface area contributed by atoms with E-state index in [2.05, 4.69) is 24.1 Å². The Balaban J connectivity index is 2.02. The number of aromatic hydroxyl groups is 1. The molecule has 1 aliphatic heterocycles. The summed E-state index contributed by atoms with van der Waals surface area (Å²) in [7, 11) is 0. The van der Waals surface area contributed by atoms with Crippen molar-refractivity contribution in [2.24, 2.45) is 5.92 Å². The second-order valence-corrected chi connectivity index (χ2v) is 6.43. The van der Waals surface area contributed by atoms with Gasteiger partial charge >= 0.3 is 0 Å². The van der Waals surface area contributed by atoms with Crippen LogP contribution in [0.25, 0.3) is 0 Å². The van der Waals surface area contributed by atoms with Crippen LogP contribution in [0.3, 0.4) is 0 Å². The van der Waals surface area contributed by atoms with Gasteiger partial charge in [-0.25, -0.2) is 0 Å². The largest absolute Gasteiger partial charge is 0.508 e. The van der Waals surface area contributed by atoms with E-state index >= 15 is 0 Å². The molecule has 0 bridgehead atoms. The lowest BCUT2D eigenvalue weighted by atomic mass is 9.96. The van der Waals surface area contributed by atoms with Crippen molar-refractivity contribution in [3.8, 4) is 5.75 Å². The lowest BCUT2D eigenvalue weighted by Crippen LogP contribution is -2.39. The molecular weight excluding hydrogens is 272 g/mol. The Bertz CT molecular complexity index is 430. The molecule has 112 valence electrons. The maximum atomic E-state index is 9.98. The number of phenols is 1. The monoisotopic (exact) mass is 296 g/mol. The van der Waals surface area contributed by atoms with E-state index in [1.54, 1.807) is 12.1 Å². The first-order valence-electron chi connectivity index (χ1n) is 7.48. The lowest BCUT2D eigenvalue weighted by Gasteiger charge is -2.33. The van der Waals surface area contributed by atoms with Crippen molar-refractivity contribution in [3.05, 3.63) is 28.8 Å². The van der Waals surface area contributed by atoms with Crippen LogP contribution in [0.15, 0.2) is 18.2 Å². The highest BCUT2D eigenvalue weighted by atomic mass is 35.5. The number of piperidine rings is 1. The fraction of sp³-hybridized carbons (Fsp3) is 0.625. The Kier molecular flexibility index (Phi) is 5.70. The molecule has 0 atom stereocenters. The average molecular weight is 297 g/mol.